The number of carbonyl (C=O) groups excluding carboxylic acids is 1. The topological polar surface area (TPSA) is 57.6 Å². The molecule has 2 aromatic carbocycles. The minimum Gasteiger partial charge on any atom is -0.478 e. The number of hydrogen-bond acceptors (Lipinski definition) is 2. The first-order valence-corrected chi connectivity index (χ1v) is 7.65. The van der Waals surface area contributed by atoms with Crippen LogP contribution in [-0.2, 0) is 4.79 Å². The van der Waals surface area contributed by atoms with Gasteiger partial charge in [0.1, 0.15) is 11.4 Å². The number of anilines is 1. The van der Waals surface area contributed by atoms with Crippen molar-refractivity contribution in [2.75, 3.05) is 11.9 Å². The normalized spacial score (nSPS) is 10.8. The molecule has 0 fully saturated rings. The van der Waals surface area contributed by atoms with Crippen LogP contribution in [0.4, 0.5) is 10.1 Å². The zero-order chi connectivity index (χ0) is 18.0. The summed E-state index contributed by atoms with van der Waals surface area (Å²) in [5, 5.41) is 9.43. The molecule has 4 nitrogen and oxygen atoms in total. The van der Waals surface area contributed by atoms with Crippen molar-refractivity contribution < 1.29 is 19.1 Å². The molecule has 0 saturated carbocycles. The minimum atomic E-state index is -1.35. The van der Waals surface area contributed by atoms with E-state index < -0.39 is 17.3 Å². The molecule has 0 aliphatic carbocycles. The van der Waals surface area contributed by atoms with Gasteiger partial charge in [-0.15, -0.1) is 0 Å². The highest BCUT2D eigenvalue weighted by atomic mass is 19.1. The predicted octanol–water partition coefficient (Wildman–Crippen LogP) is 4.12. The van der Waals surface area contributed by atoms with Crippen LogP contribution >= 0.6 is 0 Å². The second kappa shape index (κ2) is 6.83. The van der Waals surface area contributed by atoms with Crippen molar-refractivity contribution in [2.45, 2.75) is 20.8 Å². The van der Waals surface area contributed by atoms with Crippen molar-refractivity contribution in [3.8, 4) is 11.1 Å². The van der Waals surface area contributed by atoms with Crippen LogP contribution < -0.4 is 4.90 Å². The summed E-state index contributed by atoms with van der Waals surface area (Å²) in [7, 11) is 1.57. The standard InChI is InChI=1S/C19H20FNO3/c1-11(2)18(22)21(4)15-10-14(13-8-6-5-7-9-13)17(20)16(12(15)3)19(23)24/h5-11H,1-4H3,(H,23,24). The van der Waals surface area contributed by atoms with Crippen molar-refractivity contribution >= 4 is 17.6 Å². The highest BCUT2D eigenvalue weighted by molar-refractivity contribution is 6.00. The molecule has 2 aromatic rings. The number of carboxylic acids is 1. The number of carbonyl (C=O) groups is 2. The SMILES string of the molecule is Cc1c(N(C)C(=O)C(C)C)cc(-c2ccccc2)c(F)c1C(=O)O. The first-order chi connectivity index (χ1) is 11.3. The van der Waals surface area contributed by atoms with E-state index in [1.54, 1.807) is 51.2 Å². The Morgan fingerprint density at radius 2 is 1.75 bits per heavy atom. The number of amides is 1. The fourth-order valence-corrected chi connectivity index (χ4v) is 2.67. The van der Waals surface area contributed by atoms with Crippen molar-refractivity contribution in [2.24, 2.45) is 5.92 Å². The van der Waals surface area contributed by atoms with Gasteiger partial charge in [-0.2, -0.15) is 0 Å². The van der Waals surface area contributed by atoms with E-state index >= 15 is 0 Å². The highest BCUT2D eigenvalue weighted by Crippen LogP contribution is 2.34. The van der Waals surface area contributed by atoms with E-state index in [9.17, 15) is 19.1 Å². The predicted molar refractivity (Wildman–Crippen MR) is 91.8 cm³/mol. The number of aromatic carboxylic acids is 1. The second-order valence-corrected chi connectivity index (χ2v) is 5.98. The van der Waals surface area contributed by atoms with E-state index in [0.717, 1.165) is 0 Å². The van der Waals surface area contributed by atoms with E-state index in [0.29, 0.717) is 11.3 Å². The van der Waals surface area contributed by atoms with E-state index in [1.807, 2.05) is 0 Å². The summed E-state index contributed by atoms with van der Waals surface area (Å²) in [4.78, 5) is 25.2. The van der Waals surface area contributed by atoms with Gasteiger partial charge in [-0.3, -0.25) is 4.79 Å². The highest BCUT2D eigenvalue weighted by Gasteiger charge is 2.25. The second-order valence-electron chi connectivity index (χ2n) is 5.98. The van der Waals surface area contributed by atoms with Crippen molar-refractivity contribution in [3.05, 3.63) is 53.3 Å². The van der Waals surface area contributed by atoms with Gasteiger partial charge in [-0.05, 0) is 24.1 Å². The fraction of sp³-hybridized carbons (Fsp3) is 0.263. The molecule has 0 aliphatic heterocycles. The molecule has 24 heavy (non-hydrogen) atoms. The quantitative estimate of drug-likeness (QED) is 0.918. The Labute approximate surface area is 140 Å². The third-order valence-corrected chi connectivity index (χ3v) is 3.98. The van der Waals surface area contributed by atoms with Crippen LogP contribution in [-0.4, -0.2) is 24.0 Å². The number of hydrogen-bond donors (Lipinski definition) is 1. The minimum absolute atomic E-state index is 0.164. The third-order valence-electron chi connectivity index (χ3n) is 3.98. The third kappa shape index (κ3) is 3.15. The summed E-state index contributed by atoms with van der Waals surface area (Å²) in [5.41, 5.74) is 0.943. The Balaban J connectivity index is 2.75. The summed E-state index contributed by atoms with van der Waals surface area (Å²) in [6, 6.07) is 10.2. The first-order valence-electron chi connectivity index (χ1n) is 7.65. The van der Waals surface area contributed by atoms with Crippen LogP contribution in [0.3, 0.4) is 0 Å². The molecule has 0 unspecified atom stereocenters. The molecule has 2 rings (SSSR count). The summed E-state index contributed by atoms with van der Waals surface area (Å²) in [6.07, 6.45) is 0. The zero-order valence-corrected chi connectivity index (χ0v) is 14.1. The van der Waals surface area contributed by atoms with Gasteiger partial charge in [-0.25, -0.2) is 9.18 Å². The molecule has 1 N–H and O–H groups in total. The Morgan fingerprint density at radius 1 is 1.17 bits per heavy atom. The Morgan fingerprint density at radius 3 is 2.25 bits per heavy atom. The molecule has 0 aliphatic rings. The van der Waals surface area contributed by atoms with E-state index in [1.165, 1.54) is 17.9 Å². The Hall–Kier alpha value is -2.69. The molecule has 5 heteroatoms. The zero-order valence-electron chi connectivity index (χ0n) is 14.1. The summed E-state index contributed by atoms with van der Waals surface area (Å²) in [5.74, 6) is -2.57. The van der Waals surface area contributed by atoms with Gasteiger partial charge >= 0.3 is 5.97 Å². The first kappa shape index (κ1) is 17.7. The van der Waals surface area contributed by atoms with Crippen molar-refractivity contribution in [3.63, 3.8) is 0 Å². The molecule has 0 aromatic heterocycles. The van der Waals surface area contributed by atoms with E-state index in [4.69, 9.17) is 0 Å². The molecule has 0 spiro atoms. The molecule has 0 saturated heterocycles. The average molecular weight is 329 g/mol. The number of nitrogens with zero attached hydrogens (tertiary/aromatic N) is 1. The van der Waals surface area contributed by atoms with Gasteiger partial charge in [0.05, 0.1) is 0 Å². The smallest absolute Gasteiger partial charge is 0.339 e. The molecular weight excluding hydrogens is 309 g/mol. The molecule has 126 valence electrons. The lowest BCUT2D eigenvalue weighted by molar-refractivity contribution is -0.121. The number of carboxylic acid groups (broad SMARTS) is 1. The van der Waals surface area contributed by atoms with Gasteiger partial charge < -0.3 is 10.0 Å². The van der Waals surface area contributed by atoms with Gasteiger partial charge in [0.25, 0.3) is 0 Å². The van der Waals surface area contributed by atoms with Crippen LogP contribution in [0.2, 0.25) is 0 Å². The number of rotatable bonds is 4. The largest absolute Gasteiger partial charge is 0.478 e. The molecule has 1 amide bonds. The average Bonchev–Trinajstić information content (AvgIpc) is 2.54. The molecule has 0 radical (unpaired) electrons. The number of benzene rings is 2. The van der Waals surface area contributed by atoms with E-state index in [-0.39, 0.29) is 23.0 Å². The van der Waals surface area contributed by atoms with Crippen LogP contribution in [0.25, 0.3) is 11.1 Å². The van der Waals surface area contributed by atoms with Crippen LogP contribution in [0.5, 0.6) is 0 Å². The molecule has 0 bridgehead atoms. The Kier molecular flexibility index (Phi) is 5.02. The maximum atomic E-state index is 14.8. The Bertz CT molecular complexity index is 785. The summed E-state index contributed by atoms with van der Waals surface area (Å²) >= 11 is 0. The van der Waals surface area contributed by atoms with E-state index in [2.05, 4.69) is 0 Å². The van der Waals surface area contributed by atoms with Crippen molar-refractivity contribution in [1.82, 2.24) is 0 Å². The maximum absolute atomic E-state index is 14.8. The van der Waals surface area contributed by atoms with Crippen LogP contribution in [0, 0.1) is 18.7 Å². The lowest BCUT2D eigenvalue weighted by Gasteiger charge is -2.24. The van der Waals surface area contributed by atoms with Gasteiger partial charge in [0.15, 0.2) is 0 Å². The van der Waals surface area contributed by atoms with Crippen LogP contribution in [0.1, 0.15) is 29.8 Å². The van der Waals surface area contributed by atoms with Crippen LogP contribution in [0.15, 0.2) is 36.4 Å². The van der Waals surface area contributed by atoms with Gasteiger partial charge in [0, 0.05) is 24.2 Å². The van der Waals surface area contributed by atoms with Crippen molar-refractivity contribution in [1.29, 1.82) is 0 Å². The molecule has 0 atom stereocenters. The van der Waals surface area contributed by atoms with Gasteiger partial charge in [0.2, 0.25) is 5.91 Å². The molecular formula is C19H20FNO3. The lowest BCUT2D eigenvalue weighted by atomic mass is 9.96. The lowest BCUT2D eigenvalue weighted by Crippen LogP contribution is -2.31. The fourth-order valence-electron chi connectivity index (χ4n) is 2.67. The monoisotopic (exact) mass is 329 g/mol. The maximum Gasteiger partial charge on any atom is 0.339 e. The van der Waals surface area contributed by atoms with Gasteiger partial charge in [-0.1, -0.05) is 44.2 Å². The number of halogens is 1. The summed E-state index contributed by atoms with van der Waals surface area (Å²) in [6.45, 7) is 5.03. The molecule has 0 heterocycles. The summed E-state index contributed by atoms with van der Waals surface area (Å²) < 4.78 is 14.8.